The van der Waals surface area contributed by atoms with Gasteiger partial charge in [-0.05, 0) is 31.0 Å². The molecule has 7 heteroatoms. The minimum absolute atomic E-state index is 0.269. The summed E-state index contributed by atoms with van der Waals surface area (Å²) in [6, 6.07) is 6.43. The highest BCUT2D eigenvalue weighted by atomic mass is 32.2. The lowest BCUT2D eigenvalue weighted by Crippen LogP contribution is -2.08. The summed E-state index contributed by atoms with van der Waals surface area (Å²) in [5.74, 6) is 2.07. The fourth-order valence-corrected chi connectivity index (χ4v) is 3.30. The summed E-state index contributed by atoms with van der Waals surface area (Å²) in [4.78, 5) is 4.32. The van der Waals surface area contributed by atoms with Crippen LogP contribution in [0, 0.1) is 5.82 Å². The van der Waals surface area contributed by atoms with E-state index < -0.39 is 0 Å². The van der Waals surface area contributed by atoms with Crippen molar-refractivity contribution in [3.63, 3.8) is 0 Å². The second-order valence-electron chi connectivity index (χ2n) is 5.51. The summed E-state index contributed by atoms with van der Waals surface area (Å²) < 4.78 is 20.9. The van der Waals surface area contributed by atoms with E-state index in [1.165, 1.54) is 30.3 Å². The summed E-state index contributed by atoms with van der Waals surface area (Å²) >= 11 is 1.49. The Morgan fingerprint density at radius 1 is 1.30 bits per heavy atom. The molecule has 0 N–H and O–H groups in total. The molecule has 2 heterocycles. The average Bonchev–Trinajstić information content (AvgIpc) is 3.12. The van der Waals surface area contributed by atoms with Crippen LogP contribution in [0.2, 0.25) is 0 Å². The summed E-state index contributed by atoms with van der Waals surface area (Å²) in [6.07, 6.45) is 7.02. The molecular weight excluding hydrogens is 315 g/mol. The third-order valence-corrected chi connectivity index (χ3v) is 4.91. The van der Waals surface area contributed by atoms with Crippen molar-refractivity contribution < 1.29 is 8.81 Å². The Morgan fingerprint density at radius 3 is 3.00 bits per heavy atom. The first kappa shape index (κ1) is 14.4. The number of rotatable bonds is 5. The van der Waals surface area contributed by atoms with Crippen LogP contribution in [0.4, 0.5) is 4.39 Å². The van der Waals surface area contributed by atoms with Crippen molar-refractivity contribution in [2.24, 2.45) is 0 Å². The third kappa shape index (κ3) is 3.01. The lowest BCUT2D eigenvalue weighted by Gasteiger charge is -2.20. The van der Waals surface area contributed by atoms with E-state index in [4.69, 9.17) is 4.42 Å². The van der Waals surface area contributed by atoms with E-state index in [0.29, 0.717) is 17.6 Å². The van der Waals surface area contributed by atoms with E-state index in [0.717, 1.165) is 29.6 Å². The predicted molar refractivity (Wildman–Crippen MR) is 84.0 cm³/mol. The second kappa shape index (κ2) is 6.16. The van der Waals surface area contributed by atoms with Crippen LogP contribution in [0.25, 0.3) is 5.69 Å². The minimum Gasteiger partial charge on any atom is -0.424 e. The van der Waals surface area contributed by atoms with Gasteiger partial charge in [0, 0.05) is 18.3 Å². The summed E-state index contributed by atoms with van der Waals surface area (Å²) in [7, 11) is 0. The van der Waals surface area contributed by atoms with E-state index >= 15 is 0 Å². The van der Waals surface area contributed by atoms with Crippen LogP contribution in [0.15, 0.2) is 46.2 Å². The Kier molecular flexibility index (Phi) is 3.87. The van der Waals surface area contributed by atoms with Crippen LogP contribution in [-0.2, 0) is 5.75 Å². The van der Waals surface area contributed by atoms with Crippen molar-refractivity contribution in [1.82, 2.24) is 19.7 Å². The first-order valence-corrected chi connectivity index (χ1v) is 8.52. The highest BCUT2D eigenvalue weighted by molar-refractivity contribution is 7.98. The Bertz CT molecular complexity index is 812. The van der Waals surface area contributed by atoms with Crippen LogP contribution < -0.4 is 0 Å². The van der Waals surface area contributed by atoms with Gasteiger partial charge in [0.1, 0.15) is 5.82 Å². The normalized spacial score (nSPS) is 14.8. The quantitative estimate of drug-likeness (QED) is 0.663. The van der Waals surface area contributed by atoms with Crippen LogP contribution in [-0.4, -0.2) is 19.7 Å². The van der Waals surface area contributed by atoms with E-state index in [9.17, 15) is 4.39 Å². The summed E-state index contributed by atoms with van der Waals surface area (Å²) in [5.41, 5.74) is 0.741. The second-order valence-corrected chi connectivity index (χ2v) is 6.45. The van der Waals surface area contributed by atoms with Gasteiger partial charge in [0.15, 0.2) is 5.16 Å². The zero-order chi connectivity index (χ0) is 15.6. The van der Waals surface area contributed by atoms with Gasteiger partial charge >= 0.3 is 0 Å². The number of benzene rings is 1. The van der Waals surface area contributed by atoms with Gasteiger partial charge in [0.05, 0.1) is 11.4 Å². The number of thioether (sulfide) groups is 1. The van der Waals surface area contributed by atoms with Crippen molar-refractivity contribution >= 4 is 11.8 Å². The number of hydrogen-bond donors (Lipinski definition) is 0. The molecule has 1 aliphatic rings. The van der Waals surface area contributed by atoms with Gasteiger partial charge < -0.3 is 4.42 Å². The number of hydrogen-bond acceptors (Lipinski definition) is 5. The minimum atomic E-state index is -0.269. The molecule has 0 unspecified atom stereocenters. The lowest BCUT2D eigenvalue weighted by molar-refractivity contribution is 0.328. The van der Waals surface area contributed by atoms with Gasteiger partial charge in [0.25, 0.3) is 0 Å². The molecule has 5 nitrogen and oxygen atoms in total. The van der Waals surface area contributed by atoms with Crippen LogP contribution in [0.5, 0.6) is 0 Å². The third-order valence-electron chi connectivity index (χ3n) is 3.95. The molecule has 3 aromatic rings. The Labute approximate surface area is 136 Å². The molecule has 0 spiro atoms. The highest BCUT2D eigenvalue weighted by Gasteiger charge is 2.25. The monoisotopic (exact) mass is 330 g/mol. The van der Waals surface area contributed by atoms with Crippen molar-refractivity contribution in [3.05, 3.63) is 54.3 Å². The molecular formula is C16H15FN4OS. The molecule has 0 amide bonds. The highest BCUT2D eigenvalue weighted by Crippen LogP contribution is 2.35. The van der Waals surface area contributed by atoms with E-state index in [1.54, 1.807) is 12.3 Å². The molecule has 2 aromatic heterocycles. The lowest BCUT2D eigenvalue weighted by atomic mass is 9.85. The smallest absolute Gasteiger partial charge is 0.226 e. The topological polar surface area (TPSA) is 56.7 Å². The van der Waals surface area contributed by atoms with Gasteiger partial charge in [-0.15, -0.1) is 10.2 Å². The molecule has 1 aliphatic carbocycles. The summed E-state index contributed by atoms with van der Waals surface area (Å²) in [5, 5.41) is 8.99. The number of aromatic nitrogens is 4. The fourth-order valence-electron chi connectivity index (χ4n) is 2.49. The Hall–Kier alpha value is -2.15. The van der Waals surface area contributed by atoms with Crippen molar-refractivity contribution in [2.75, 3.05) is 0 Å². The van der Waals surface area contributed by atoms with Crippen molar-refractivity contribution in [1.29, 1.82) is 0 Å². The fraction of sp³-hybridized carbons (Fsp3) is 0.312. The number of imidazole rings is 1. The average molecular weight is 330 g/mol. The largest absolute Gasteiger partial charge is 0.424 e. The maximum absolute atomic E-state index is 13.4. The first-order chi connectivity index (χ1) is 11.3. The molecule has 1 aromatic carbocycles. The first-order valence-electron chi connectivity index (χ1n) is 7.54. The van der Waals surface area contributed by atoms with Crippen molar-refractivity contribution in [3.8, 4) is 5.69 Å². The molecule has 4 rings (SSSR count). The molecule has 1 fully saturated rings. The summed E-state index contributed by atoms with van der Waals surface area (Å²) in [6.45, 7) is 0. The zero-order valence-electron chi connectivity index (χ0n) is 12.4. The van der Waals surface area contributed by atoms with Crippen LogP contribution >= 0.6 is 11.8 Å². The molecule has 0 radical (unpaired) electrons. The Balaban J connectivity index is 1.47. The van der Waals surface area contributed by atoms with Crippen molar-refractivity contribution in [2.45, 2.75) is 36.1 Å². The van der Waals surface area contributed by atoms with Gasteiger partial charge in [-0.2, -0.15) is 0 Å². The van der Waals surface area contributed by atoms with Gasteiger partial charge in [-0.3, -0.25) is 4.57 Å². The van der Waals surface area contributed by atoms with Crippen LogP contribution in [0.3, 0.4) is 0 Å². The number of halogens is 1. The van der Waals surface area contributed by atoms with E-state index in [1.807, 2.05) is 16.8 Å². The van der Waals surface area contributed by atoms with E-state index in [2.05, 4.69) is 15.2 Å². The number of nitrogens with zero attached hydrogens (tertiary/aromatic N) is 4. The molecule has 118 valence electrons. The Morgan fingerprint density at radius 2 is 2.22 bits per heavy atom. The van der Waals surface area contributed by atoms with Gasteiger partial charge in [0.2, 0.25) is 11.8 Å². The molecule has 1 saturated carbocycles. The molecule has 0 bridgehead atoms. The molecule has 0 saturated heterocycles. The molecule has 23 heavy (non-hydrogen) atoms. The maximum Gasteiger partial charge on any atom is 0.226 e. The standard InChI is InChI=1S/C16H15FN4OS/c17-12-5-2-6-13(9-12)21-8-7-18-16(21)23-10-14-19-20-15(22-14)11-3-1-4-11/h2,5-9,11H,1,3-4,10H2. The molecule has 0 atom stereocenters. The van der Waals surface area contributed by atoms with Gasteiger partial charge in [-0.1, -0.05) is 24.2 Å². The SMILES string of the molecule is Fc1cccc(-n2ccnc2SCc2nnc(C3CCC3)o2)c1. The van der Waals surface area contributed by atoms with Gasteiger partial charge in [-0.25, -0.2) is 9.37 Å². The maximum atomic E-state index is 13.4. The predicted octanol–water partition coefficient (Wildman–Crippen LogP) is 3.95. The van der Waals surface area contributed by atoms with E-state index in [-0.39, 0.29) is 5.82 Å². The van der Waals surface area contributed by atoms with Crippen LogP contribution in [0.1, 0.15) is 37.0 Å². The molecule has 0 aliphatic heterocycles. The zero-order valence-corrected chi connectivity index (χ0v) is 13.2.